The zero-order valence-corrected chi connectivity index (χ0v) is 13.8. The third kappa shape index (κ3) is 5.29. The molecule has 0 atom stereocenters. The molecule has 1 aromatic carbocycles. The molecule has 0 bridgehead atoms. The Labute approximate surface area is 128 Å². The quantitative estimate of drug-likeness (QED) is 0.735. The van der Waals surface area contributed by atoms with Crippen LogP contribution in [0.1, 0.15) is 44.5 Å². The Kier molecular flexibility index (Phi) is 7.06. The van der Waals surface area contributed by atoms with Crippen LogP contribution in [0.2, 0.25) is 0 Å². The normalized spacial score (nSPS) is 10.6. The van der Waals surface area contributed by atoms with Crippen molar-refractivity contribution in [2.75, 3.05) is 26.8 Å². The Morgan fingerprint density at radius 2 is 1.90 bits per heavy atom. The van der Waals surface area contributed by atoms with Gasteiger partial charge in [-0.1, -0.05) is 20.8 Å². The van der Waals surface area contributed by atoms with E-state index in [1.165, 1.54) is 0 Å². The monoisotopic (exact) mass is 293 g/mol. The van der Waals surface area contributed by atoms with Crippen LogP contribution in [0.5, 0.6) is 11.5 Å². The summed E-state index contributed by atoms with van der Waals surface area (Å²) in [6, 6.07) is 5.39. The Bertz CT molecular complexity index is 457. The van der Waals surface area contributed by atoms with E-state index in [0.29, 0.717) is 36.2 Å². The minimum atomic E-state index is 0.00620. The Hall–Kier alpha value is -1.71. The molecular weight excluding hydrogens is 266 g/mol. The van der Waals surface area contributed by atoms with E-state index in [9.17, 15) is 4.79 Å². The fourth-order valence-corrected chi connectivity index (χ4v) is 2.09. The molecule has 0 aliphatic heterocycles. The second-order valence-electron chi connectivity index (χ2n) is 5.52. The summed E-state index contributed by atoms with van der Waals surface area (Å²) in [6.07, 6.45) is 0.934. The van der Waals surface area contributed by atoms with E-state index in [1.807, 2.05) is 20.0 Å². The molecule has 4 heteroatoms. The molecule has 0 radical (unpaired) electrons. The second-order valence-corrected chi connectivity index (χ2v) is 5.52. The van der Waals surface area contributed by atoms with Crippen LogP contribution in [-0.4, -0.2) is 37.6 Å². The van der Waals surface area contributed by atoms with Gasteiger partial charge in [0.15, 0.2) is 11.5 Å². The molecule has 0 spiro atoms. The molecule has 0 heterocycles. The molecule has 0 aliphatic rings. The van der Waals surface area contributed by atoms with Gasteiger partial charge < -0.3 is 14.4 Å². The molecule has 21 heavy (non-hydrogen) atoms. The smallest absolute Gasteiger partial charge is 0.253 e. The predicted octanol–water partition coefficient (Wildman–Crippen LogP) is 3.60. The SMILES string of the molecule is CCCOc1ccc(C(=O)N(C)CC(C)C)cc1OCC. The van der Waals surface area contributed by atoms with Gasteiger partial charge in [0.1, 0.15) is 0 Å². The summed E-state index contributed by atoms with van der Waals surface area (Å²) in [5.74, 6) is 1.78. The minimum absolute atomic E-state index is 0.00620. The van der Waals surface area contributed by atoms with Gasteiger partial charge in [0.05, 0.1) is 13.2 Å². The van der Waals surface area contributed by atoms with Crippen LogP contribution in [0.25, 0.3) is 0 Å². The number of hydrogen-bond donors (Lipinski definition) is 0. The number of carbonyl (C=O) groups excluding carboxylic acids is 1. The summed E-state index contributed by atoms with van der Waals surface area (Å²) in [4.78, 5) is 14.1. The van der Waals surface area contributed by atoms with Gasteiger partial charge in [-0.25, -0.2) is 0 Å². The van der Waals surface area contributed by atoms with Crippen LogP contribution >= 0.6 is 0 Å². The molecule has 118 valence electrons. The fraction of sp³-hybridized carbons (Fsp3) is 0.588. The second kappa shape index (κ2) is 8.55. The number of carbonyl (C=O) groups is 1. The van der Waals surface area contributed by atoms with E-state index in [4.69, 9.17) is 9.47 Å². The van der Waals surface area contributed by atoms with Crippen LogP contribution in [0.3, 0.4) is 0 Å². The average Bonchev–Trinajstić information content (AvgIpc) is 2.44. The van der Waals surface area contributed by atoms with Crippen molar-refractivity contribution < 1.29 is 14.3 Å². The van der Waals surface area contributed by atoms with Crippen LogP contribution in [0.4, 0.5) is 0 Å². The van der Waals surface area contributed by atoms with Crippen molar-refractivity contribution in [3.05, 3.63) is 23.8 Å². The first-order valence-electron chi connectivity index (χ1n) is 7.64. The zero-order chi connectivity index (χ0) is 15.8. The molecule has 4 nitrogen and oxygen atoms in total. The maximum atomic E-state index is 12.4. The minimum Gasteiger partial charge on any atom is -0.490 e. The molecule has 0 unspecified atom stereocenters. The Morgan fingerprint density at radius 3 is 2.48 bits per heavy atom. The Morgan fingerprint density at radius 1 is 1.19 bits per heavy atom. The van der Waals surface area contributed by atoms with Crippen molar-refractivity contribution in [1.29, 1.82) is 0 Å². The molecule has 0 fully saturated rings. The van der Waals surface area contributed by atoms with Gasteiger partial charge in [-0.15, -0.1) is 0 Å². The first kappa shape index (κ1) is 17.3. The van der Waals surface area contributed by atoms with Gasteiger partial charge in [0.25, 0.3) is 5.91 Å². The van der Waals surface area contributed by atoms with Gasteiger partial charge >= 0.3 is 0 Å². The van der Waals surface area contributed by atoms with E-state index in [-0.39, 0.29) is 5.91 Å². The molecule has 1 aromatic rings. The predicted molar refractivity (Wildman–Crippen MR) is 85.2 cm³/mol. The summed E-state index contributed by atoms with van der Waals surface area (Å²) >= 11 is 0. The molecule has 1 rings (SSSR count). The Balaban J connectivity index is 2.93. The lowest BCUT2D eigenvalue weighted by molar-refractivity contribution is 0.0778. The van der Waals surface area contributed by atoms with Gasteiger partial charge in [-0.3, -0.25) is 4.79 Å². The zero-order valence-electron chi connectivity index (χ0n) is 13.8. The molecule has 0 saturated heterocycles. The highest BCUT2D eigenvalue weighted by atomic mass is 16.5. The summed E-state index contributed by atoms with van der Waals surface area (Å²) < 4.78 is 11.2. The molecule has 0 aromatic heterocycles. The third-order valence-electron chi connectivity index (χ3n) is 2.94. The lowest BCUT2D eigenvalue weighted by Gasteiger charge is -2.20. The van der Waals surface area contributed by atoms with Crippen molar-refractivity contribution in [2.45, 2.75) is 34.1 Å². The van der Waals surface area contributed by atoms with Crippen molar-refractivity contribution >= 4 is 5.91 Å². The summed E-state index contributed by atoms with van der Waals surface area (Å²) in [7, 11) is 1.82. The largest absolute Gasteiger partial charge is 0.490 e. The van der Waals surface area contributed by atoms with E-state index >= 15 is 0 Å². The third-order valence-corrected chi connectivity index (χ3v) is 2.94. The highest BCUT2D eigenvalue weighted by molar-refractivity contribution is 5.94. The lowest BCUT2D eigenvalue weighted by Crippen LogP contribution is -2.30. The van der Waals surface area contributed by atoms with Crippen molar-refractivity contribution in [3.8, 4) is 11.5 Å². The number of nitrogens with zero attached hydrogens (tertiary/aromatic N) is 1. The first-order chi connectivity index (χ1) is 9.99. The summed E-state index contributed by atoms with van der Waals surface area (Å²) in [5, 5.41) is 0. The first-order valence-corrected chi connectivity index (χ1v) is 7.64. The number of ether oxygens (including phenoxy) is 2. The highest BCUT2D eigenvalue weighted by Gasteiger charge is 2.15. The van der Waals surface area contributed by atoms with E-state index in [2.05, 4.69) is 20.8 Å². The van der Waals surface area contributed by atoms with Gasteiger partial charge in [0.2, 0.25) is 0 Å². The van der Waals surface area contributed by atoms with E-state index < -0.39 is 0 Å². The van der Waals surface area contributed by atoms with Crippen LogP contribution in [0.15, 0.2) is 18.2 Å². The number of benzene rings is 1. The highest BCUT2D eigenvalue weighted by Crippen LogP contribution is 2.29. The maximum Gasteiger partial charge on any atom is 0.253 e. The molecular formula is C17H27NO3. The molecule has 1 amide bonds. The lowest BCUT2D eigenvalue weighted by atomic mass is 10.1. The van der Waals surface area contributed by atoms with Gasteiger partial charge in [-0.2, -0.15) is 0 Å². The molecule has 0 N–H and O–H groups in total. The summed E-state index contributed by atoms with van der Waals surface area (Å²) in [6.45, 7) is 10.1. The fourth-order valence-electron chi connectivity index (χ4n) is 2.09. The molecule has 0 saturated carbocycles. The topological polar surface area (TPSA) is 38.8 Å². The summed E-state index contributed by atoms with van der Waals surface area (Å²) in [5.41, 5.74) is 0.630. The van der Waals surface area contributed by atoms with Crippen LogP contribution in [-0.2, 0) is 0 Å². The number of rotatable bonds is 8. The number of hydrogen-bond acceptors (Lipinski definition) is 3. The van der Waals surface area contributed by atoms with Crippen LogP contribution in [0, 0.1) is 5.92 Å². The van der Waals surface area contributed by atoms with E-state index in [1.54, 1.807) is 17.0 Å². The molecule has 0 aliphatic carbocycles. The van der Waals surface area contributed by atoms with Gasteiger partial charge in [-0.05, 0) is 37.5 Å². The van der Waals surface area contributed by atoms with Gasteiger partial charge in [0, 0.05) is 19.2 Å². The standard InChI is InChI=1S/C17H27NO3/c1-6-10-21-15-9-8-14(11-16(15)20-7-2)17(19)18(5)12-13(3)4/h8-9,11,13H,6-7,10,12H2,1-5H3. The van der Waals surface area contributed by atoms with E-state index in [0.717, 1.165) is 13.0 Å². The van der Waals surface area contributed by atoms with Crippen molar-refractivity contribution in [2.24, 2.45) is 5.92 Å². The maximum absolute atomic E-state index is 12.4. The van der Waals surface area contributed by atoms with Crippen LogP contribution < -0.4 is 9.47 Å². The van der Waals surface area contributed by atoms with Crippen molar-refractivity contribution in [1.82, 2.24) is 4.90 Å². The number of amides is 1. The average molecular weight is 293 g/mol. The van der Waals surface area contributed by atoms with Crippen molar-refractivity contribution in [3.63, 3.8) is 0 Å².